The molecule has 1 aromatic heterocycles. The number of rotatable bonds is 6. The van der Waals surface area contributed by atoms with Crippen LogP contribution >= 0.6 is 11.6 Å². The number of nitrogens with zero attached hydrogens (tertiary/aromatic N) is 1. The molecule has 0 atom stereocenters. The maximum atomic E-state index is 12.4. The number of hydrogen-bond acceptors (Lipinski definition) is 3. The fourth-order valence-corrected chi connectivity index (χ4v) is 2.35. The lowest BCUT2D eigenvalue weighted by atomic mass is 10.1. The third-order valence-electron chi connectivity index (χ3n) is 3.49. The summed E-state index contributed by atoms with van der Waals surface area (Å²) in [5.41, 5.74) is 3.04. The molecule has 4 nitrogen and oxygen atoms in total. The fourth-order valence-electron chi connectivity index (χ4n) is 2.13. The van der Waals surface area contributed by atoms with Gasteiger partial charge in [0.25, 0.3) is 5.91 Å². The lowest BCUT2D eigenvalue weighted by Gasteiger charge is -2.11. The Kier molecular flexibility index (Phi) is 5.99. The molecule has 0 aliphatic heterocycles. The first kappa shape index (κ1) is 17.3. The van der Waals surface area contributed by atoms with Gasteiger partial charge in [0.05, 0.1) is 11.3 Å². The van der Waals surface area contributed by atoms with Crippen molar-refractivity contribution in [3.63, 3.8) is 0 Å². The van der Waals surface area contributed by atoms with Crippen molar-refractivity contribution in [3.8, 4) is 0 Å². The Hall–Kier alpha value is -2.07. The number of aromatic nitrogens is 1. The van der Waals surface area contributed by atoms with Crippen LogP contribution in [0.3, 0.4) is 0 Å². The Morgan fingerprint density at radius 1 is 1.26 bits per heavy atom. The summed E-state index contributed by atoms with van der Waals surface area (Å²) in [6, 6.07) is 7.19. The zero-order valence-electron chi connectivity index (χ0n) is 13.7. The third kappa shape index (κ3) is 5.25. The third-order valence-corrected chi connectivity index (χ3v) is 3.72. The van der Waals surface area contributed by atoms with E-state index in [1.165, 1.54) is 0 Å². The van der Waals surface area contributed by atoms with Crippen LogP contribution < -0.4 is 10.6 Å². The molecule has 0 bridgehead atoms. The van der Waals surface area contributed by atoms with Crippen LogP contribution in [-0.4, -0.2) is 17.4 Å². The molecule has 0 saturated carbocycles. The Morgan fingerprint density at radius 2 is 2.04 bits per heavy atom. The summed E-state index contributed by atoms with van der Waals surface area (Å²) < 4.78 is 0. The van der Waals surface area contributed by atoms with E-state index in [1.807, 2.05) is 19.1 Å². The van der Waals surface area contributed by atoms with Crippen LogP contribution in [0.25, 0.3) is 0 Å². The highest BCUT2D eigenvalue weighted by Crippen LogP contribution is 2.20. The van der Waals surface area contributed by atoms with Gasteiger partial charge in [0.1, 0.15) is 0 Å². The molecular weight excluding hydrogens is 310 g/mol. The smallest absolute Gasteiger partial charge is 0.257 e. The number of pyridine rings is 1. The van der Waals surface area contributed by atoms with Gasteiger partial charge >= 0.3 is 0 Å². The normalized spacial score (nSPS) is 10.7. The first-order chi connectivity index (χ1) is 11.0. The zero-order valence-corrected chi connectivity index (χ0v) is 14.4. The molecule has 122 valence electrons. The van der Waals surface area contributed by atoms with Gasteiger partial charge < -0.3 is 10.6 Å². The van der Waals surface area contributed by atoms with Crippen LogP contribution in [0.4, 0.5) is 11.4 Å². The number of halogens is 1. The zero-order chi connectivity index (χ0) is 16.8. The molecule has 23 heavy (non-hydrogen) atoms. The molecule has 1 aromatic carbocycles. The highest BCUT2D eigenvalue weighted by Gasteiger charge is 2.09. The van der Waals surface area contributed by atoms with Crippen molar-refractivity contribution < 1.29 is 4.79 Å². The number of hydrogen-bond donors (Lipinski definition) is 2. The van der Waals surface area contributed by atoms with Gasteiger partial charge in [0, 0.05) is 29.6 Å². The van der Waals surface area contributed by atoms with Crippen molar-refractivity contribution >= 4 is 28.9 Å². The number of aryl methyl sites for hydroxylation is 1. The first-order valence-electron chi connectivity index (χ1n) is 7.72. The van der Waals surface area contributed by atoms with Gasteiger partial charge in [-0.15, -0.1) is 0 Å². The maximum Gasteiger partial charge on any atom is 0.257 e. The molecule has 1 heterocycles. The predicted molar refractivity (Wildman–Crippen MR) is 96.3 cm³/mol. The lowest BCUT2D eigenvalue weighted by molar-refractivity contribution is 0.102. The van der Waals surface area contributed by atoms with Crippen LogP contribution in [0.2, 0.25) is 5.02 Å². The van der Waals surface area contributed by atoms with E-state index >= 15 is 0 Å². The second kappa shape index (κ2) is 7.97. The molecule has 2 aromatic rings. The monoisotopic (exact) mass is 331 g/mol. The Balaban J connectivity index is 2.04. The predicted octanol–water partition coefficient (Wildman–Crippen LogP) is 4.75. The molecule has 0 spiro atoms. The standard InChI is InChI=1S/C18H22ClN3O/c1-12(2)6-7-21-16-9-14(10-20-11-16)18(23)22-17-5-4-15(19)8-13(17)3/h4-5,8-12,21H,6-7H2,1-3H3,(H,22,23). The number of carbonyl (C=O) groups is 1. The molecule has 0 radical (unpaired) electrons. The van der Waals surface area contributed by atoms with E-state index in [0.29, 0.717) is 16.5 Å². The van der Waals surface area contributed by atoms with E-state index in [1.54, 1.807) is 24.5 Å². The topological polar surface area (TPSA) is 54.0 Å². The second-order valence-corrected chi connectivity index (χ2v) is 6.42. The summed E-state index contributed by atoms with van der Waals surface area (Å²) >= 11 is 5.93. The Bertz CT molecular complexity index is 686. The molecule has 5 heteroatoms. The summed E-state index contributed by atoms with van der Waals surface area (Å²) in [5, 5.41) is 6.84. The van der Waals surface area contributed by atoms with Gasteiger partial charge in [0.15, 0.2) is 0 Å². The average molecular weight is 332 g/mol. The van der Waals surface area contributed by atoms with Gasteiger partial charge in [-0.1, -0.05) is 25.4 Å². The molecule has 0 aliphatic rings. The summed E-state index contributed by atoms with van der Waals surface area (Å²) in [6.45, 7) is 7.13. The van der Waals surface area contributed by atoms with E-state index in [2.05, 4.69) is 29.5 Å². The number of amides is 1. The van der Waals surface area contributed by atoms with Gasteiger partial charge in [-0.05, 0) is 49.1 Å². The lowest BCUT2D eigenvalue weighted by Crippen LogP contribution is -2.14. The maximum absolute atomic E-state index is 12.4. The molecular formula is C18H22ClN3O. The fraction of sp³-hybridized carbons (Fsp3) is 0.333. The molecule has 1 amide bonds. The Morgan fingerprint density at radius 3 is 2.74 bits per heavy atom. The van der Waals surface area contributed by atoms with Gasteiger partial charge in [-0.3, -0.25) is 9.78 Å². The van der Waals surface area contributed by atoms with Crippen LogP contribution in [0.15, 0.2) is 36.7 Å². The number of carbonyl (C=O) groups excluding carboxylic acids is 1. The summed E-state index contributed by atoms with van der Waals surface area (Å²) in [4.78, 5) is 16.5. The van der Waals surface area contributed by atoms with Crippen molar-refractivity contribution in [2.45, 2.75) is 27.2 Å². The molecule has 2 N–H and O–H groups in total. The largest absolute Gasteiger partial charge is 0.384 e. The minimum absolute atomic E-state index is 0.185. The van der Waals surface area contributed by atoms with E-state index in [-0.39, 0.29) is 5.91 Å². The van der Waals surface area contributed by atoms with Crippen LogP contribution in [0.5, 0.6) is 0 Å². The van der Waals surface area contributed by atoms with E-state index in [9.17, 15) is 4.79 Å². The number of benzene rings is 1. The average Bonchev–Trinajstić information content (AvgIpc) is 2.50. The summed E-state index contributed by atoms with van der Waals surface area (Å²) in [7, 11) is 0. The van der Waals surface area contributed by atoms with Crippen LogP contribution in [-0.2, 0) is 0 Å². The Labute approximate surface area is 142 Å². The number of nitrogens with one attached hydrogen (secondary N) is 2. The minimum atomic E-state index is -0.185. The highest BCUT2D eigenvalue weighted by molar-refractivity contribution is 6.30. The van der Waals surface area contributed by atoms with Crippen molar-refractivity contribution in [1.29, 1.82) is 0 Å². The molecule has 2 rings (SSSR count). The van der Waals surface area contributed by atoms with Crippen molar-refractivity contribution in [1.82, 2.24) is 4.98 Å². The minimum Gasteiger partial charge on any atom is -0.384 e. The first-order valence-corrected chi connectivity index (χ1v) is 8.10. The van der Waals surface area contributed by atoms with Crippen LogP contribution in [0.1, 0.15) is 36.2 Å². The highest BCUT2D eigenvalue weighted by atomic mass is 35.5. The SMILES string of the molecule is Cc1cc(Cl)ccc1NC(=O)c1cncc(NCCC(C)C)c1. The van der Waals surface area contributed by atoms with Crippen molar-refractivity contribution in [2.24, 2.45) is 5.92 Å². The van der Waals surface area contributed by atoms with E-state index in [0.717, 1.165) is 29.9 Å². The molecule has 0 unspecified atom stereocenters. The quantitative estimate of drug-likeness (QED) is 0.802. The summed E-state index contributed by atoms with van der Waals surface area (Å²) in [6.07, 6.45) is 4.36. The molecule has 0 saturated heterocycles. The van der Waals surface area contributed by atoms with Gasteiger partial charge in [-0.25, -0.2) is 0 Å². The van der Waals surface area contributed by atoms with Crippen LogP contribution in [0, 0.1) is 12.8 Å². The van der Waals surface area contributed by atoms with Gasteiger partial charge in [0.2, 0.25) is 0 Å². The molecule has 0 fully saturated rings. The second-order valence-electron chi connectivity index (χ2n) is 5.98. The van der Waals surface area contributed by atoms with E-state index in [4.69, 9.17) is 11.6 Å². The van der Waals surface area contributed by atoms with Crippen molar-refractivity contribution in [3.05, 3.63) is 52.8 Å². The number of anilines is 2. The van der Waals surface area contributed by atoms with E-state index < -0.39 is 0 Å². The summed E-state index contributed by atoms with van der Waals surface area (Å²) in [5.74, 6) is 0.449. The van der Waals surface area contributed by atoms with Crippen molar-refractivity contribution in [2.75, 3.05) is 17.2 Å². The van der Waals surface area contributed by atoms with Gasteiger partial charge in [-0.2, -0.15) is 0 Å². The molecule has 0 aliphatic carbocycles.